The number of anilines is 1. The molecule has 0 aliphatic rings. The molecule has 0 saturated heterocycles. The van der Waals surface area contributed by atoms with E-state index in [9.17, 15) is 4.79 Å². The summed E-state index contributed by atoms with van der Waals surface area (Å²) in [5.74, 6) is 0.918. The van der Waals surface area contributed by atoms with Crippen LogP contribution in [0.2, 0.25) is 0 Å². The van der Waals surface area contributed by atoms with Crippen LogP contribution in [0.3, 0.4) is 0 Å². The molecule has 3 rings (SSSR count). The number of aromatic nitrogens is 2. The first-order valence-corrected chi connectivity index (χ1v) is 9.13. The van der Waals surface area contributed by atoms with Gasteiger partial charge in [-0.25, -0.2) is 9.97 Å². The Morgan fingerprint density at radius 2 is 1.88 bits per heavy atom. The van der Waals surface area contributed by atoms with Gasteiger partial charge in [-0.3, -0.25) is 4.79 Å². The number of hydrogen-bond acceptors (Lipinski definition) is 4. The lowest BCUT2D eigenvalue weighted by Gasteiger charge is -2.05. The summed E-state index contributed by atoms with van der Waals surface area (Å²) in [6.07, 6.45) is 2.66. The number of carbonyl (C=O) groups is 1. The summed E-state index contributed by atoms with van der Waals surface area (Å²) in [6, 6.07) is 13.8. The molecule has 1 N–H and O–H groups in total. The zero-order valence-corrected chi connectivity index (χ0v) is 15.4. The normalized spacial score (nSPS) is 10.9. The second-order valence-corrected chi connectivity index (χ2v) is 7.46. The third-order valence-corrected chi connectivity index (χ3v) is 4.92. The van der Waals surface area contributed by atoms with Crippen molar-refractivity contribution in [3.8, 4) is 11.1 Å². The minimum Gasteiger partial charge on any atom is -0.306 e. The predicted octanol–water partition coefficient (Wildman–Crippen LogP) is 4.96. The predicted molar refractivity (Wildman–Crippen MR) is 103 cm³/mol. The van der Waals surface area contributed by atoms with Crippen LogP contribution >= 0.6 is 11.3 Å². The second kappa shape index (κ2) is 7.57. The zero-order valence-electron chi connectivity index (χ0n) is 14.6. The average Bonchev–Trinajstić information content (AvgIpc) is 2.96. The quantitative estimate of drug-likeness (QED) is 0.706. The number of aryl methyl sites for hydroxylation is 1. The first-order chi connectivity index (χ1) is 12.0. The van der Waals surface area contributed by atoms with E-state index in [0.717, 1.165) is 28.2 Å². The van der Waals surface area contributed by atoms with Gasteiger partial charge in [0.15, 0.2) is 0 Å². The molecule has 128 valence electrons. The molecular weight excluding hydrogens is 330 g/mol. The van der Waals surface area contributed by atoms with Gasteiger partial charge in [-0.15, -0.1) is 11.3 Å². The molecule has 0 saturated carbocycles. The smallest absolute Gasteiger partial charge is 0.268 e. The Balaban J connectivity index is 1.72. The highest BCUT2D eigenvalue weighted by Crippen LogP contribution is 2.23. The number of hydrogen-bond donors (Lipinski definition) is 1. The Morgan fingerprint density at radius 3 is 2.52 bits per heavy atom. The number of pyridine rings is 1. The van der Waals surface area contributed by atoms with Gasteiger partial charge >= 0.3 is 0 Å². The minimum atomic E-state index is -0.148. The van der Waals surface area contributed by atoms with Crippen molar-refractivity contribution in [2.45, 2.75) is 27.2 Å². The fourth-order valence-electron chi connectivity index (χ4n) is 2.54. The van der Waals surface area contributed by atoms with E-state index in [1.807, 2.05) is 49.4 Å². The standard InChI is InChI=1S/C20H21N3OS/c1-13(2)11-18-22-14(3)19(25-18)20(24)23-17-10-9-16(12-21-17)15-7-5-4-6-8-15/h4-10,12-13H,11H2,1-3H3,(H,21,23,24). The van der Waals surface area contributed by atoms with Crippen LogP contribution in [0.4, 0.5) is 5.82 Å². The zero-order chi connectivity index (χ0) is 17.8. The lowest BCUT2D eigenvalue weighted by atomic mass is 10.1. The summed E-state index contributed by atoms with van der Waals surface area (Å²) in [7, 11) is 0. The topological polar surface area (TPSA) is 54.9 Å². The molecule has 0 radical (unpaired) electrons. The Labute approximate surface area is 152 Å². The van der Waals surface area contributed by atoms with Crippen LogP contribution in [0.25, 0.3) is 11.1 Å². The van der Waals surface area contributed by atoms with E-state index in [1.54, 1.807) is 6.20 Å². The van der Waals surface area contributed by atoms with Crippen molar-refractivity contribution < 1.29 is 4.79 Å². The maximum Gasteiger partial charge on any atom is 0.268 e. The van der Waals surface area contributed by atoms with Crippen molar-refractivity contribution in [1.29, 1.82) is 0 Å². The highest BCUT2D eigenvalue weighted by Gasteiger charge is 2.16. The summed E-state index contributed by atoms with van der Waals surface area (Å²) in [4.78, 5) is 22.0. The molecule has 2 aromatic heterocycles. The molecule has 5 heteroatoms. The van der Waals surface area contributed by atoms with Crippen LogP contribution in [-0.2, 0) is 6.42 Å². The number of amides is 1. The number of thiazole rings is 1. The van der Waals surface area contributed by atoms with Crippen molar-refractivity contribution in [2.75, 3.05) is 5.32 Å². The Hall–Kier alpha value is -2.53. The molecule has 0 unspecified atom stereocenters. The maximum absolute atomic E-state index is 12.5. The van der Waals surface area contributed by atoms with Crippen molar-refractivity contribution in [1.82, 2.24) is 9.97 Å². The summed E-state index contributed by atoms with van der Waals surface area (Å²) in [6.45, 7) is 6.17. The van der Waals surface area contributed by atoms with Gasteiger partial charge in [0, 0.05) is 18.2 Å². The van der Waals surface area contributed by atoms with E-state index in [1.165, 1.54) is 11.3 Å². The van der Waals surface area contributed by atoms with Crippen LogP contribution in [-0.4, -0.2) is 15.9 Å². The van der Waals surface area contributed by atoms with E-state index < -0.39 is 0 Å². The SMILES string of the molecule is Cc1nc(CC(C)C)sc1C(=O)Nc1ccc(-c2ccccc2)cn1. The molecular formula is C20H21N3OS. The first kappa shape index (κ1) is 17.3. The number of rotatable bonds is 5. The number of nitrogens with zero attached hydrogens (tertiary/aromatic N) is 2. The van der Waals surface area contributed by atoms with Crippen LogP contribution in [0, 0.1) is 12.8 Å². The average molecular weight is 351 g/mol. The monoisotopic (exact) mass is 351 g/mol. The molecule has 0 spiro atoms. The Kier molecular flexibility index (Phi) is 5.24. The van der Waals surface area contributed by atoms with Crippen LogP contribution in [0.5, 0.6) is 0 Å². The lowest BCUT2D eigenvalue weighted by Crippen LogP contribution is -2.12. The van der Waals surface area contributed by atoms with Crippen LogP contribution < -0.4 is 5.32 Å². The molecule has 1 aromatic carbocycles. The van der Waals surface area contributed by atoms with Gasteiger partial charge in [0.2, 0.25) is 0 Å². The van der Waals surface area contributed by atoms with Crippen molar-refractivity contribution in [3.05, 3.63) is 64.2 Å². The molecule has 0 atom stereocenters. The summed E-state index contributed by atoms with van der Waals surface area (Å²) in [5.41, 5.74) is 2.90. The molecule has 2 heterocycles. The first-order valence-electron chi connectivity index (χ1n) is 8.32. The highest BCUT2D eigenvalue weighted by atomic mass is 32.1. The van der Waals surface area contributed by atoms with Crippen molar-refractivity contribution in [3.63, 3.8) is 0 Å². The molecule has 25 heavy (non-hydrogen) atoms. The Bertz CT molecular complexity index is 854. The van der Waals surface area contributed by atoms with Crippen LogP contribution in [0.15, 0.2) is 48.7 Å². The Morgan fingerprint density at radius 1 is 1.12 bits per heavy atom. The van der Waals surface area contributed by atoms with E-state index in [0.29, 0.717) is 16.6 Å². The lowest BCUT2D eigenvalue weighted by molar-refractivity contribution is 0.102. The van der Waals surface area contributed by atoms with Gasteiger partial charge in [-0.1, -0.05) is 44.2 Å². The van der Waals surface area contributed by atoms with Gasteiger partial charge in [-0.05, 0) is 30.5 Å². The second-order valence-electron chi connectivity index (χ2n) is 6.37. The summed E-state index contributed by atoms with van der Waals surface area (Å²) < 4.78 is 0. The summed E-state index contributed by atoms with van der Waals surface area (Å²) in [5, 5.41) is 3.87. The highest BCUT2D eigenvalue weighted by molar-refractivity contribution is 7.13. The minimum absolute atomic E-state index is 0.148. The van der Waals surface area contributed by atoms with Gasteiger partial charge < -0.3 is 5.32 Å². The van der Waals surface area contributed by atoms with Crippen molar-refractivity contribution >= 4 is 23.1 Å². The van der Waals surface area contributed by atoms with Crippen molar-refractivity contribution in [2.24, 2.45) is 5.92 Å². The molecule has 0 bridgehead atoms. The molecule has 0 aliphatic carbocycles. The van der Waals surface area contributed by atoms with Crippen LogP contribution in [0.1, 0.15) is 34.2 Å². The van der Waals surface area contributed by atoms with E-state index in [4.69, 9.17) is 0 Å². The number of carbonyl (C=O) groups excluding carboxylic acids is 1. The maximum atomic E-state index is 12.5. The van der Waals surface area contributed by atoms with Gasteiger partial charge in [0.25, 0.3) is 5.91 Å². The van der Waals surface area contributed by atoms with E-state index in [-0.39, 0.29) is 5.91 Å². The van der Waals surface area contributed by atoms with E-state index in [2.05, 4.69) is 29.1 Å². The van der Waals surface area contributed by atoms with Gasteiger partial charge in [-0.2, -0.15) is 0 Å². The van der Waals surface area contributed by atoms with Gasteiger partial charge in [0.1, 0.15) is 10.7 Å². The molecule has 3 aromatic rings. The third kappa shape index (κ3) is 4.31. The molecule has 0 fully saturated rings. The largest absolute Gasteiger partial charge is 0.306 e. The third-order valence-electron chi connectivity index (χ3n) is 3.74. The number of nitrogens with one attached hydrogen (secondary N) is 1. The molecule has 4 nitrogen and oxygen atoms in total. The molecule has 0 aliphatic heterocycles. The van der Waals surface area contributed by atoms with Gasteiger partial charge in [0.05, 0.1) is 10.7 Å². The number of benzene rings is 1. The summed E-state index contributed by atoms with van der Waals surface area (Å²) >= 11 is 1.46. The fraction of sp³-hybridized carbons (Fsp3) is 0.250. The van der Waals surface area contributed by atoms with E-state index >= 15 is 0 Å². The molecule has 1 amide bonds. The fourth-order valence-corrected chi connectivity index (χ4v) is 3.71.